The maximum absolute atomic E-state index is 13.1. The Morgan fingerprint density at radius 1 is 0.720 bits per heavy atom. The number of hydrogen-bond donors (Lipinski definition) is 1. The Kier molecular flexibility index (Phi) is 10.3. The number of rotatable bonds is 3. The molecule has 18 nitrogen and oxygen atoms in total. The molecule has 0 saturated carbocycles. The molecule has 0 aliphatic carbocycles. The first kappa shape index (κ1) is 35.6. The summed E-state index contributed by atoms with van der Waals surface area (Å²) in [4.78, 5) is 38.0. The van der Waals surface area contributed by atoms with Crippen molar-refractivity contribution in [1.29, 1.82) is 0 Å². The van der Waals surface area contributed by atoms with Gasteiger partial charge in [-0.1, -0.05) is 0 Å². The van der Waals surface area contributed by atoms with Gasteiger partial charge in [-0.25, -0.2) is 28.5 Å². The summed E-state index contributed by atoms with van der Waals surface area (Å²) in [5.41, 5.74) is 7.81. The molecule has 2 amide bonds. The van der Waals surface area contributed by atoms with Gasteiger partial charge in [0.05, 0.1) is 62.3 Å². The van der Waals surface area contributed by atoms with Gasteiger partial charge < -0.3 is 34.5 Å². The molecule has 6 rings (SSSR count). The van der Waals surface area contributed by atoms with Gasteiger partial charge in [0, 0.05) is 26.2 Å². The molecule has 0 unspecified atom stereocenters. The average molecular weight is 691 g/mol. The molecule has 4 heterocycles. The second-order valence-corrected chi connectivity index (χ2v) is 13.2. The third-order valence-electron chi connectivity index (χ3n) is 7.28. The number of fused-ring (bicyclic) bond motifs is 2. The van der Waals surface area contributed by atoms with E-state index in [4.69, 9.17) is 47.1 Å². The summed E-state index contributed by atoms with van der Waals surface area (Å²) in [6.45, 7) is 29.8. The van der Waals surface area contributed by atoms with E-state index in [1.807, 2.05) is 4.90 Å². The number of nitrogens with zero attached hydrogens (tertiary/aromatic N) is 9. The molecule has 264 valence electrons. The van der Waals surface area contributed by atoms with Crippen LogP contribution in [0.1, 0.15) is 41.5 Å². The van der Waals surface area contributed by atoms with Crippen LogP contribution in [0.15, 0.2) is 21.4 Å². The van der Waals surface area contributed by atoms with Crippen LogP contribution in [-0.4, -0.2) is 96.6 Å². The van der Waals surface area contributed by atoms with Gasteiger partial charge in [-0.05, 0) is 74.3 Å². The van der Waals surface area contributed by atoms with E-state index in [0.717, 1.165) is 10.6 Å². The number of hydrogen-bond acceptors (Lipinski definition) is 15. The zero-order chi connectivity index (χ0) is 36.2. The Balaban J connectivity index is 0.000000226. The average Bonchev–Trinajstić information content (AvgIpc) is 3.75. The van der Waals surface area contributed by atoms with Crippen molar-refractivity contribution >= 4 is 68.4 Å². The molecule has 2 aromatic heterocycles. The molecule has 0 atom stereocenters. The minimum atomic E-state index is -0.967. The highest BCUT2D eigenvalue weighted by Crippen LogP contribution is 2.42. The van der Waals surface area contributed by atoms with E-state index in [1.54, 1.807) is 47.6 Å². The molecular formula is C32H38N10O8. The van der Waals surface area contributed by atoms with Crippen molar-refractivity contribution in [1.82, 2.24) is 20.6 Å². The molecule has 2 aliphatic heterocycles. The molecular weight excluding hydrogens is 652 g/mol. The topological polar surface area (TPSA) is 193 Å². The van der Waals surface area contributed by atoms with Gasteiger partial charge in [-0.15, -0.1) is 0 Å². The van der Waals surface area contributed by atoms with Crippen molar-refractivity contribution in [2.24, 2.45) is 0 Å². The van der Waals surface area contributed by atoms with Crippen molar-refractivity contribution in [3.63, 3.8) is 0 Å². The van der Waals surface area contributed by atoms with Gasteiger partial charge in [0.1, 0.15) is 22.2 Å². The number of carbonyl (C=O) groups excluding carboxylic acids is 2. The van der Waals surface area contributed by atoms with Gasteiger partial charge in [0.15, 0.2) is 11.0 Å². The fourth-order valence-corrected chi connectivity index (χ4v) is 5.26. The zero-order valence-corrected chi connectivity index (χ0v) is 28.7. The lowest BCUT2D eigenvalue weighted by molar-refractivity contribution is 0.0431. The fraction of sp³-hybridized carbons (Fsp3) is 0.500. The van der Waals surface area contributed by atoms with Crippen LogP contribution in [0.3, 0.4) is 0 Å². The Labute approximate surface area is 287 Å². The molecule has 2 aromatic carbocycles. The van der Waals surface area contributed by atoms with E-state index < -0.39 is 23.4 Å². The van der Waals surface area contributed by atoms with E-state index >= 15 is 0 Å². The van der Waals surface area contributed by atoms with E-state index in [0.29, 0.717) is 80.7 Å². The van der Waals surface area contributed by atoms with Crippen molar-refractivity contribution in [3.05, 3.63) is 35.0 Å². The van der Waals surface area contributed by atoms with Gasteiger partial charge >= 0.3 is 12.2 Å². The molecule has 50 heavy (non-hydrogen) atoms. The number of amides is 2. The molecule has 0 radical (unpaired) electrons. The summed E-state index contributed by atoms with van der Waals surface area (Å²) in [6.07, 6.45) is -1.93. The monoisotopic (exact) mass is 690 g/mol. The minimum absolute atomic E-state index is 0.00670. The molecule has 0 bridgehead atoms. The van der Waals surface area contributed by atoms with E-state index in [9.17, 15) is 9.59 Å². The van der Waals surface area contributed by atoms with Crippen molar-refractivity contribution in [2.75, 3.05) is 73.0 Å². The molecule has 2 N–H and O–H groups in total. The highest BCUT2D eigenvalue weighted by Gasteiger charge is 2.36. The number of imide groups is 1. The summed E-state index contributed by atoms with van der Waals surface area (Å²) in [5.74, 6) is 0. The summed E-state index contributed by atoms with van der Waals surface area (Å²) in [5, 5.41) is 15.5. The van der Waals surface area contributed by atoms with Crippen LogP contribution in [0.5, 0.6) is 0 Å². The lowest BCUT2D eigenvalue weighted by atomic mass is 10.1. The smallest absolute Gasteiger partial charge is 0.424 e. The Hall–Kier alpha value is -5.72. The summed E-state index contributed by atoms with van der Waals surface area (Å²) in [6, 6.07) is 3.02. The molecule has 2 fully saturated rings. The van der Waals surface area contributed by atoms with Crippen molar-refractivity contribution < 1.29 is 37.8 Å². The fourth-order valence-electron chi connectivity index (χ4n) is 5.26. The Morgan fingerprint density at radius 2 is 1.12 bits per heavy atom. The number of morpholine rings is 2. The quantitative estimate of drug-likeness (QED) is 0.210. The molecule has 2 aliphatic rings. The number of nitrogens with two attached hydrogens (primary N) is 1. The number of anilines is 4. The normalized spacial score (nSPS) is 15.1. The van der Waals surface area contributed by atoms with E-state index in [1.165, 1.54) is 6.07 Å². The number of aromatic nitrogens is 4. The van der Waals surface area contributed by atoms with Crippen LogP contribution < -0.4 is 20.4 Å². The lowest BCUT2D eigenvalue weighted by Crippen LogP contribution is -2.44. The van der Waals surface area contributed by atoms with Gasteiger partial charge in [-0.2, -0.15) is 4.90 Å². The molecule has 4 aromatic rings. The van der Waals surface area contributed by atoms with E-state index in [-0.39, 0.29) is 22.4 Å². The number of carbonyl (C=O) groups is 2. The predicted molar refractivity (Wildman–Crippen MR) is 182 cm³/mol. The lowest BCUT2D eigenvalue weighted by Gasteiger charge is -2.31. The van der Waals surface area contributed by atoms with Gasteiger partial charge in [0.2, 0.25) is 11.4 Å². The van der Waals surface area contributed by atoms with Crippen molar-refractivity contribution in [2.45, 2.75) is 52.7 Å². The number of ether oxygens (including phenoxy) is 4. The summed E-state index contributed by atoms with van der Waals surface area (Å²) >= 11 is 0. The SMILES string of the molecule is [C-]#[N+]c1cc(N(C(=O)OC(C)(C)C)C(=O)OC(C)(C)C)c2nonc2c1N1CCOCC1.[C-]#[N+]c1cc(N)c2nonc2c1N1CCOCC1. The molecule has 0 spiro atoms. The zero-order valence-electron chi connectivity index (χ0n) is 28.7. The van der Waals surface area contributed by atoms with Gasteiger partial charge in [0.25, 0.3) is 0 Å². The molecule has 2 saturated heterocycles. The maximum atomic E-state index is 13.1. The minimum Gasteiger partial charge on any atom is -0.443 e. The van der Waals surface area contributed by atoms with Crippen LogP contribution in [-0.2, 0) is 18.9 Å². The predicted octanol–water partition coefficient (Wildman–Crippen LogP) is 5.48. The third kappa shape index (κ3) is 7.77. The highest BCUT2D eigenvalue weighted by atomic mass is 16.6. The van der Waals surface area contributed by atoms with Crippen LogP contribution >= 0.6 is 0 Å². The number of nitrogen functional groups attached to an aromatic ring is 1. The first-order chi connectivity index (χ1) is 23.7. The standard InChI is InChI=1S/C21H27N5O6.C11H11N5O2/c1-20(2,3)30-18(27)26(19(28)31-21(4,5)6)14-12-13(22-7)17(16-15(14)23-32-24-16)25-8-10-29-11-9-25;1-13-8-6-7(12)9-10(15-18-14-9)11(8)16-2-4-17-5-3-16/h12H,8-11H2,1-6H3;6H,2-5,12H2. The largest absolute Gasteiger partial charge is 0.443 e. The van der Waals surface area contributed by atoms with Crippen LogP contribution in [0.25, 0.3) is 31.8 Å². The Morgan fingerprint density at radius 3 is 1.56 bits per heavy atom. The highest BCUT2D eigenvalue weighted by molar-refractivity contribution is 6.16. The second-order valence-electron chi connectivity index (χ2n) is 13.2. The third-order valence-corrected chi connectivity index (χ3v) is 7.28. The Bertz CT molecular complexity index is 1920. The van der Waals surface area contributed by atoms with Gasteiger partial charge in [-0.3, -0.25) is 0 Å². The van der Waals surface area contributed by atoms with Crippen LogP contribution in [0.4, 0.5) is 43.7 Å². The molecule has 18 heteroatoms. The van der Waals surface area contributed by atoms with E-state index in [2.05, 4.69) is 35.2 Å². The summed E-state index contributed by atoms with van der Waals surface area (Å²) < 4.78 is 31.3. The first-order valence-electron chi connectivity index (χ1n) is 15.7. The second kappa shape index (κ2) is 14.4. The van der Waals surface area contributed by atoms with Crippen LogP contribution in [0, 0.1) is 13.1 Å². The number of benzene rings is 2. The maximum Gasteiger partial charge on any atom is 0.424 e. The van der Waals surface area contributed by atoms with Crippen molar-refractivity contribution in [3.8, 4) is 0 Å². The first-order valence-corrected chi connectivity index (χ1v) is 15.7. The summed E-state index contributed by atoms with van der Waals surface area (Å²) in [7, 11) is 0. The van der Waals surface area contributed by atoms with Crippen LogP contribution in [0.2, 0.25) is 0 Å².